The molecule has 0 aromatic carbocycles. The highest BCUT2D eigenvalue weighted by Gasteiger charge is 2.07. The van der Waals surface area contributed by atoms with Crippen molar-refractivity contribution in [2.24, 2.45) is 0 Å². The molecule has 0 unspecified atom stereocenters. The third-order valence-electron chi connectivity index (χ3n) is 0.876. The number of hydrogen-bond acceptors (Lipinski definition) is 3. The molecule has 0 bridgehead atoms. The van der Waals surface area contributed by atoms with Gasteiger partial charge in [-0.3, -0.25) is 4.79 Å². The molecule has 60 valence electrons. The zero-order valence-corrected chi connectivity index (χ0v) is 5.25. The summed E-state index contributed by atoms with van der Waals surface area (Å²) in [7, 11) is 0. The van der Waals surface area contributed by atoms with Crippen LogP contribution in [-0.4, -0.2) is 16.6 Å². The van der Waals surface area contributed by atoms with Crippen LogP contribution < -0.4 is 10.3 Å². The summed E-state index contributed by atoms with van der Waals surface area (Å²) in [5.41, 5.74) is -0.771. The summed E-state index contributed by atoms with van der Waals surface area (Å²) in [5.74, 6) is -0.623. The van der Waals surface area contributed by atoms with Gasteiger partial charge in [0.15, 0.2) is 0 Å². The van der Waals surface area contributed by atoms with Gasteiger partial charge < -0.3 is 9.72 Å². The largest absolute Gasteiger partial charge is 0.412 e. The predicted octanol–water partition coefficient (Wildman–Crippen LogP) is 0.371. The summed E-state index contributed by atoms with van der Waals surface area (Å²) < 4.78 is 26.7. The average molecular weight is 162 g/mol. The number of halogens is 2. The first-order chi connectivity index (χ1) is 5.20. The van der Waals surface area contributed by atoms with Crippen LogP contribution >= 0.6 is 0 Å². The van der Waals surface area contributed by atoms with E-state index in [9.17, 15) is 13.6 Å². The normalized spacial score (nSPS) is 10.1. The second-order valence-corrected chi connectivity index (χ2v) is 1.60. The maximum absolute atomic E-state index is 11.5. The van der Waals surface area contributed by atoms with Crippen LogP contribution in [0.15, 0.2) is 17.2 Å². The monoisotopic (exact) mass is 162 g/mol. The van der Waals surface area contributed by atoms with Crippen LogP contribution in [0.5, 0.6) is 5.88 Å². The van der Waals surface area contributed by atoms with E-state index < -0.39 is 18.1 Å². The molecular formula is C5H4F2N2O2. The van der Waals surface area contributed by atoms with Crippen LogP contribution in [-0.2, 0) is 0 Å². The van der Waals surface area contributed by atoms with Crippen molar-refractivity contribution in [1.82, 2.24) is 9.97 Å². The highest BCUT2D eigenvalue weighted by atomic mass is 19.3. The fourth-order valence-corrected chi connectivity index (χ4v) is 0.507. The zero-order chi connectivity index (χ0) is 8.27. The predicted molar refractivity (Wildman–Crippen MR) is 31.5 cm³/mol. The van der Waals surface area contributed by atoms with E-state index in [0.717, 1.165) is 6.20 Å². The van der Waals surface area contributed by atoms with Crippen LogP contribution in [0, 0.1) is 0 Å². The summed E-state index contributed by atoms with van der Waals surface area (Å²) in [6.45, 7) is -3.02. The second kappa shape index (κ2) is 3.09. The lowest BCUT2D eigenvalue weighted by molar-refractivity contribution is -0.0539. The molecule has 0 aliphatic rings. The highest BCUT2D eigenvalue weighted by molar-refractivity contribution is 5.01. The van der Waals surface area contributed by atoms with Crippen LogP contribution in [0.2, 0.25) is 0 Å². The van der Waals surface area contributed by atoms with E-state index in [1.807, 2.05) is 0 Å². The van der Waals surface area contributed by atoms with Gasteiger partial charge in [-0.15, -0.1) is 0 Å². The zero-order valence-electron chi connectivity index (χ0n) is 5.25. The van der Waals surface area contributed by atoms with Crippen molar-refractivity contribution < 1.29 is 13.5 Å². The van der Waals surface area contributed by atoms with Crippen LogP contribution in [0.1, 0.15) is 0 Å². The molecule has 6 heteroatoms. The minimum Gasteiger partial charge on any atom is -0.412 e. The Morgan fingerprint density at radius 1 is 1.64 bits per heavy atom. The van der Waals surface area contributed by atoms with Crippen molar-refractivity contribution in [3.05, 3.63) is 22.7 Å². The van der Waals surface area contributed by atoms with Crippen molar-refractivity contribution in [1.29, 1.82) is 0 Å². The number of H-pyrrole nitrogens is 1. The first-order valence-corrected chi connectivity index (χ1v) is 2.68. The number of aromatic amines is 1. The minimum atomic E-state index is -3.02. The van der Waals surface area contributed by atoms with Crippen molar-refractivity contribution >= 4 is 0 Å². The van der Waals surface area contributed by atoms with Crippen LogP contribution in [0.3, 0.4) is 0 Å². The number of nitrogens with one attached hydrogen (secondary N) is 1. The Balaban J connectivity index is 2.87. The molecule has 1 rings (SSSR count). The van der Waals surface area contributed by atoms with E-state index in [1.165, 1.54) is 6.20 Å². The van der Waals surface area contributed by atoms with Gasteiger partial charge in [-0.2, -0.15) is 8.78 Å². The minimum absolute atomic E-state index is 0.623. The molecule has 1 aromatic rings. The molecule has 0 atom stereocenters. The molecule has 0 amide bonds. The molecule has 0 spiro atoms. The van der Waals surface area contributed by atoms with Crippen LogP contribution in [0.4, 0.5) is 8.78 Å². The topological polar surface area (TPSA) is 55.0 Å². The molecule has 0 saturated carbocycles. The number of hydrogen-bond donors (Lipinski definition) is 1. The van der Waals surface area contributed by atoms with Gasteiger partial charge in [0.25, 0.3) is 5.88 Å². The molecule has 1 aromatic heterocycles. The quantitative estimate of drug-likeness (QED) is 0.683. The molecule has 0 aliphatic heterocycles. The number of rotatable bonds is 2. The standard InChI is InChI=1S/C5H4F2N2O2/c6-5(7)11-4-3(10)8-1-2-9-4/h1-2,5H,(H,8,10). The number of nitrogens with zero attached hydrogens (tertiary/aromatic N) is 1. The highest BCUT2D eigenvalue weighted by Crippen LogP contribution is 2.00. The molecule has 0 aliphatic carbocycles. The molecule has 0 saturated heterocycles. The SMILES string of the molecule is O=c1[nH]ccnc1OC(F)F. The Morgan fingerprint density at radius 2 is 2.36 bits per heavy atom. The van der Waals surface area contributed by atoms with Gasteiger partial charge in [-0.1, -0.05) is 0 Å². The number of ether oxygens (including phenoxy) is 1. The van der Waals surface area contributed by atoms with Crippen molar-refractivity contribution in [3.8, 4) is 5.88 Å². The molecule has 1 N–H and O–H groups in total. The summed E-state index contributed by atoms with van der Waals surface area (Å²) in [6, 6.07) is 0. The Hall–Kier alpha value is -1.46. The van der Waals surface area contributed by atoms with E-state index in [4.69, 9.17) is 0 Å². The fourth-order valence-electron chi connectivity index (χ4n) is 0.507. The average Bonchev–Trinajstić information content (AvgIpc) is 1.93. The van der Waals surface area contributed by atoms with Gasteiger partial charge in [0.2, 0.25) is 0 Å². The lowest BCUT2D eigenvalue weighted by Crippen LogP contribution is -2.15. The van der Waals surface area contributed by atoms with Gasteiger partial charge in [0.1, 0.15) is 0 Å². The van der Waals surface area contributed by atoms with E-state index in [-0.39, 0.29) is 0 Å². The van der Waals surface area contributed by atoms with Crippen molar-refractivity contribution in [2.45, 2.75) is 6.61 Å². The van der Waals surface area contributed by atoms with Gasteiger partial charge >= 0.3 is 12.2 Å². The third kappa shape index (κ3) is 1.99. The lowest BCUT2D eigenvalue weighted by atomic mass is 10.7. The summed E-state index contributed by atoms with van der Waals surface area (Å²) in [6.07, 6.45) is 2.37. The van der Waals surface area contributed by atoms with E-state index >= 15 is 0 Å². The molecular weight excluding hydrogens is 158 g/mol. The first kappa shape index (κ1) is 7.64. The Kier molecular flexibility index (Phi) is 2.15. The third-order valence-corrected chi connectivity index (χ3v) is 0.876. The summed E-state index contributed by atoms with van der Waals surface area (Å²) in [4.78, 5) is 16.0. The molecule has 1 heterocycles. The molecule has 0 radical (unpaired) electrons. The van der Waals surface area contributed by atoms with Gasteiger partial charge in [-0.25, -0.2) is 4.98 Å². The van der Waals surface area contributed by atoms with Crippen molar-refractivity contribution in [3.63, 3.8) is 0 Å². The Labute approximate surface area is 59.8 Å². The van der Waals surface area contributed by atoms with E-state index in [1.54, 1.807) is 0 Å². The Morgan fingerprint density at radius 3 is 2.91 bits per heavy atom. The first-order valence-electron chi connectivity index (χ1n) is 2.68. The number of alkyl halides is 2. The maximum atomic E-state index is 11.5. The lowest BCUT2D eigenvalue weighted by Gasteiger charge is -1.99. The molecule has 0 fully saturated rings. The molecule has 4 nitrogen and oxygen atoms in total. The van der Waals surface area contributed by atoms with Crippen LogP contribution in [0.25, 0.3) is 0 Å². The summed E-state index contributed by atoms with van der Waals surface area (Å²) >= 11 is 0. The van der Waals surface area contributed by atoms with Gasteiger partial charge in [0.05, 0.1) is 0 Å². The number of aromatic nitrogens is 2. The maximum Gasteiger partial charge on any atom is 0.388 e. The Bertz CT molecular complexity index is 286. The van der Waals surface area contributed by atoms with E-state index in [2.05, 4.69) is 14.7 Å². The van der Waals surface area contributed by atoms with Gasteiger partial charge in [-0.05, 0) is 0 Å². The smallest absolute Gasteiger partial charge is 0.388 e. The van der Waals surface area contributed by atoms with E-state index in [0.29, 0.717) is 0 Å². The molecule has 11 heavy (non-hydrogen) atoms. The summed E-state index contributed by atoms with van der Waals surface area (Å²) in [5, 5.41) is 0. The van der Waals surface area contributed by atoms with Gasteiger partial charge in [0, 0.05) is 12.4 Å². The second-order valence-electron chi connectivity index (χ2n) is 1.60. The fraction of sp³-hybridized carbons (Fsp3) is 0.200. The van der Waals surface area contributed by atoms with Crippen molar-refractivity contribution in [2.75, 3.05) is 0 Å².